The number of hydrogen-bond donors (Lipinski definition) is 2. The molecule has 0 saturated carbocycles. The maximum Gasteiger partial charge on any atom is 0.410 e. The largest absolute Gasteiger partial charge is 0.444 e. The zero-order valence-electron chi connectivity index (χ0n) is 18.7. The lowest BCUT2D eigenvalue weighted by molar-refractivity contribution is 0.0232. The number of halogens is 1. The lowest BCUT2D eigenvalue weighted by Crippen LogP contribution is -2.41. The Labute approximate surface area is 193 Å². The number of carbonyl (C=O) groups is 1. The van der Waals surface area contributed by atoms with Crippen LogP contribution in [-0.4, -0.2) is 54.2 Å². The molecule has 1 aromatic rings. The minimum Gasteiger partial charge on any atom is -0.444 e. The molecule has 1 rings (SSSR count). The highest BCUT2D eigenvalue weighted by molar-refractivity contribution is 14.0. The third-order valence-electron chi connectivity index (χ3n) is 3.88. The monoisotopic (exact) mass is 519 g/mol. The third kappa shape index (κ3) is 13.3. The van der Waals surface area contributed by atoms with Crippen LogP contribution in [0.15, 0.2) is 29.5 Å². The molecule has 0 spiro atoms. The van der Waals surface area contributed by atoms with Crippen LogP contribution < -0.4 is 10.6 Å². The maximum atomic E-state index is 12.6. The highest BCUT2D eigenvalue weighted by Gasteiger charge is 2.22. The number of pyridine rings is 1. The van der Waals surface area contributed by atoms with Crippen LogP contribution in [0.5, 0.6) is 0 Å². The average molecular weight is 519 g/mol. The molecule has 8 heteroatoms. The Balaban J connectivity index is 0.00000784. The fourth-order valence-corrected chi connectivity index (χ4v) is 2.45. The summed E-state index contributed by atoms with van der Waals surface area (Å²) in [4.78, 5) is 22.7. The van der Waals surface area contributed by atoms with Crippen LogP contribution in [0.4, 0.5) is 4.79 Å². The molecule has 0 aromatic carbocycles. The van der Waals surface area contributed by atoms with Gasteiger partial charge in [-0.1, -0.05) is 19.9 Å². The number of rotatable bonds is 9. The number of nitrogens with one attached hydrogen (secondary N) is 2. The van der Waals surface area contributed by atoms with Gasteiger partial charge in [-0.15, -0.1) is 24.0 Å². The first kappa shape index (κ1) is 27.4. The normalized spacial score (nSPS) is 11.6. The average Bonchev–Trinajstić information content (AvgIpc) is 2.61. The van der Waals surface area contributed by atoms with E-state index in [9.17, 15) is 4.79 Å². The SMILES string of the molecule is CN=C(NCCCN(Cc1cccnc1)C(=O)OC(C)(C)C)NCCC(C)C.I. The van der Waals surface area contributed by atoms with Gasteiger partial charge >= 0.3 is 6.09 Å². The van der Waals surface area contributed by atoms with E-state index >= 15 is 0 Å². The van der Waals surface area contributed by atoms with Gasteiger partial charge in [0.1, 0.15) is 5.60 Å². The highest BCUT2D eigenvalue weighted by Crippen LogP contribution is 2.12. The van der Waals surface area contributed by atoms with Crippen molar-refractivity contribution in [1.82, 2.24) is 20.5 Å². The van der Waals surface area contributed by atoms with Gasteiger partial charge in [0.05, 0.1) is 6.54 Å². The minimum atomic E-state index is -0.523. The van der Waals surface area contributed by atoms with Gasteiger partial charge in [-0.2, -0.15) is 0 Å². The summed E-state index contributed by atoms with van der Waals surface area (Å²) in [6, 6.07) is 3.83. The van der Waals surface area contributed by atoms with Gasteiger partial charge in [0.2, 0.25) is 0 Å². The van der Waals surface area contributed by atoms with E-state index in [0.29, 0.717) is 25.6 Å². The van der Waals surface area contributed by atoms with Gasteiger partial charge in [-0.3, -0.25) is 9.98 Å². The smallest absolute Gasteiger partial charge is 0.410 e. The summed E-state index contributed by atoms with van der Waals surface area (Å²) in [5.41, 5.74) is 0.456. The fourth-order valence-electron chi connectivity index (χ4n) is 2.45. The van der Waals surface area contributed by atoms with E-state index in [0.717, 1.165) is 30.9 Å². The molecule has 0 aliphatic carbocycles. The molecule has 29 heavy (non-hydrogen) atoms. The second-order valence-electron chi connectivity index (χ2n) is 8.23. The molecule has 166 valence electrons. The van der Waals surface area contributed by atoms with Gasteiger partial charge < -0.3 is 20.3 Å². The summed E-state index contributed by atoms with van der Waals surface area (Å²) in [6.07, 6.45) is 5.07. The first-order valence-corrected chi connectivity index (χ1v) is 10.0. The number of guanidine groups is 1. The van der Waals surface area contributed by atoms with Gasteiger partial charge in [0.15, 0.2) is 5.96 Å². The van der Waals surface area contributed by atoms with Gasteiger partial charge in [-0.25, -0.2) is 4.79 Å². The standard InChI is InChI=1S/C21H37N5O2.HI/c1-17(2)10-13-25-19(22-6)24-12-8-14-26(20(27)28-21(3,4)5)16-18-9-7-11-23-15-18;/h7,9,11,15,17H,8,10,12-14,16H2,1-6H3,(H2,22,24,25);1H. The van der Waals surface area contributed by atoms with Gasteiger partial charge in [-0.05, 0) is 51.2 Å². The number of hydrogen-bond acceptors (Lipinski definition) is 4. The van der Waals surface area contributed by atoms with E-state index in [-0.39, 0.29) is 30.1 Å². The van der Waals surface area contributed by atoms with E-state index in [2.05, 4.69) is 34.5 Å². The molecule has 1 amide bonds. The number of carbonyl (C=O) groups excluding carboxylic acids is 1. The Morgan fingerprint density at radius 3 is 2.52 bits per heavy atom. The number of aliphatic imine (C=N–C) groups is 1. The van der Waals surface area contributed by atoms with Gasteiger partial charge in [0, 0.05) is 39.1 Å². The Hall–Kier alpha value is -1.58. The molecule has 0 aliphatic heterocycles. The Kier molecular flexibility index (Phi) is 13.6. The lowest BCUT2D eigenvalue weighted by Gasteiger charge is -2.27. The quantitative estimate of drug-likeness (QED) is 0.223. The Bertz CT molecular complexity index is 603. The number of aromatic nitrogens is 1. The predicted octanol–water partition coefficient (Wildman–Crippen LogP) is 4.04. The van der Waals surface area contributed by atoms with Gasteiger partial charge in [0.25, 0.3) is 0 Å². The second kappa shape index (κ2) is 14.4. The van der Waals surface area contributed by atoms with Crippen molar-refractivity contribution < 1.29 is 9.53 Å². The van der Waals surface area contributed by atoms with Crippen molar-refractivity contribution in [2.45, 2.75) is 59.6 Å². The predicted molar refractivity (Wildman–Crippen MR) is 130 cm³/mol. The number of ether oxygens (including phenoxy) is 1. The minimum absolute atomic E-state index is 0. The fraction of sp³-hybridized carbons (Fsp3) is 0.667. The molecule has 1 heterocycles. The van der Waals surface area contributed by atoms with E-state index in [1.807, 2.05) is 32.9 Å². The second-order valence-corrected chi connectivity index (χ2v) is 8.23. The Morgan fingerprint density at radius 1 is 1.28 bits per heavy atom. The molecule has 0 atom stereocenters. The summed E-state index contributed by atoms with van der Waals surface area (Å²) in [6.45, 7) is 12.7. The molecule has 7 nitrogen and oxygen atoms in total. The van der Waals surface area contributed by atoms with E-state index in [1.54, 1.807) is 24.3 Å². The van der Waals surface area contributed by atoms with Crippen LogP contribution in [0.2, 0.25) is 0 Å². The summed E-state index contributed by atoms with van der Waals surface area (Å²) in [5, 5.41) is 6.61. The van der Waals surface area contributed by atoms with Crippen LogP contribution in [0.3, 0.4) is 0 Å². The van der Waals surface area contributed by atoms with Crippen molar-refractivity contribution in [1.29, 1.82) is 0 Å². The van der Waals surface area contributed by atoms with Crippen LogP contribution in [0, 0.1) is 5.92 Å². The third-order valence-corrected chi connectivity index (χ3v) is 3.88. The van der Waals surface area contributed by atoms with Crippen molar-refractivity contribution >= 4 is 36.0 Å². The molecule has 0 aliphatic rings. The van der Waals surface area contributed by atoms with Crippen molar-refractivity contribution in [3.63, 3.8) is 0 Å². The van der Waals surface area contributed by atoms with E-state index < -0.39 is 5.60 Å². The summed E-state index contributed by atoms with van der Waals surface area (Å²) >= 11 is 0. The number of nitrogens with zero attached hydrogens (tertiary/aromatic N) is 3. The van der Waals surface area contributed by atoms with Crippen molar-refractivity contribution in [3.8, 4) is 0 Å². The van der Waals surface area contributed by atoms with Crippen molar-refractivity contribution in [2.24, 2.45) is 10.9 Å². The van der Waals surface area contributed by atoms with Crippen molar-refractivity contribution in [2.75, 3.05) is 26.7 Å². The van der Waals surface area contributed by atoms with E-state index in [4.69, 9.17) is 4.74 Å². The molecular weight excluding hydrogens is 481 g/mol. The van der Waals surface area contributed by atoms with Crippen LogP contribution in [0.25, 0.3) is 0 Å². The summed E-state index contributed by atoms with van der Waals surface area (Å²) in [5.74, 6) is 1.44. The topological polar surface area (TPSA) is 78.9 Å². The maximum absolute atomic E-state index is 12.6. The van der Waals surface area contributed by atoms with Crippen LogP contribution in [0.1, 0.15) is 53.0 Å². The zero-order valence-corrected chi connectivity index (χ0v) is 21.0. The Morgan fingerprint density at radius 2 is 1.97 bits per heavy atom. The summed E-state index contributed by atoms with van der Waals surface area (Å²) in [7, 11) is 1.76. The molecule has 2 N–H and O–H groups in total. The van der Waals surface area contributed by atoms with Crippen LogP contribution in [-0.2, 0) is 11.3 Å². The molecule has 0 radical (unpaired) electrons. The van der Waals surface area contributed by atoms with E-state index in [1.165, 1.54) is 0 Å². The molecule has 0 unspecified atom stereocenters. The molecule has 0 bridgehead atoms. The highest BCUT2D eigenvalue weighted by atomic mass is 127. The first-order valence-electron chi connectivity index (χ1n) is 10.0. The lowest BCUT2D eigenvalue weighted by atomic mass is 10.1. The first-order chi connectivity index (χ1) is 13.2. The molecule has 0 fully saturated rings. The zero-order chi connectivity index (χ0) is 21.0. The summed E-state index contributed by atoms with van der Waals surface area (Å²) < 4.78 is 5.56. The number of amides is 1. The molecule has 1 aromatic heterocycles. The molecule has 0 saturated heterocycles. The van der Waals surface area contributed by atoms with Crippen molar-refractivity contribution in [3.05, 3.63) is 30.1 Å². The molecular formula is C21H38IN5O2. The van der Waals surface area contributed by atoms with Crippen LogP contribution >= 0.6 is 24.0 Å².